The van der Waals surface area contributed by atoms with Gasteiger partial charge in [-0.25, -0.2) is 0 Å². The van der Waals surface area contributed by atoms with Gasteiger partial charge >= 0.3 is 0 Å². The van der Waals surface area contributed by atoms with Gasteiger partial charge in [0.15, 0.2) is 0 Å². The molecule has 2 heteroatoms. The van der Waals surface area contributed by atoms with Crippen LogP contribution < -0.4 is 5.06 Å². The Morgan fingerprint density at radius 1 is 0.952 bits per heavy atom. The third-order valence-electron chi connectivity index (χ3n) is 4.04. The lowest BCUT2D eigenvalue weighted by molar-refractivity contribution is 0.0878. The first-order valence-electron chi connectivity index (χ1n) is 7.64. The average Bonchev–Trinajstić information content (AvgIpc) is 2.97. The van der Waals surface area contributed by atoms with E-state index in [2.05, 4.69) is 57.2 Å². The molecule has 0 bridgehead atoms. The SMILES string of the molecule is CC(C)(C)c1ccc(C2CCN(c3ccccc3)O2)cc1. The molecule has 1 fully saturated rings. The van der Waals surface area contributed by atoms with Crippen molar-refractivity contribution in [3.63, 3.8) is 0 Å². The van der Waals surface area contributed by atoms with E-state index in [1.807, 2.05) is 23.3 Å². The smallest absolute Gasteiger partial charge is 0.112 e. The maximum Gasteiger partial charge on any atom is 0.112 e. The van der Waals surface area contributed by atoms with Gasteiger partial charge < -0.3 is 0 Å². The lowest BCUT2D eigenvalue weighted by Gasteiger charge is -2.21. The van der Waals surface area contributed by atoms with Crippen molar-refractivity contribution in [1.82, 2.24) is 0 Å². The van der Waals surface area contributed by atoms with Crippen LogP contribution in [0.15, 0.2) is 54.6 Å². The molecule has 3 rings (SSSR count). The fourth-order valence-electron chi connectivity index (χ4n) is 2.70. The van der Waals surface area contributed by atoms with Gasteiger partial charge in [0.05, 0.1) is 5.69 Å². The van der Waals surface area contributed by atoms with Gasteiger partial charge in [0.25, 0.3) is 0 Å². The van der Waals surface area contributed by atoms with Crippen molar-refractivity contribution in [1.29, 1.82) is 0 Å². The first-order chi connectivity index (χ1) is 10.0. The zero-order chi connectivity index (χ0) is 14.9. The van der Waals surface area contributed by atoms with Gasteiger partial charge in [0.2, 0.25) is 0 Å². The molecule has 0 saturated carbocycles. The van der Waals surface area contributed by atoms with Crippen molar-refractivity contribution in [2.45, 2.75) is 38.7 Å². The van der Waals surface area contributed by atoms with Crippen LogP contribution in [0.4, 0.5) is 5.69 Å². The molecule has 1 aliphatic heterocycles. The molecule has 21 heavy (non-hydrogen) atoms. The molecule has 1 atom stereocenters. The van der Waals surface area contributed by atoms with Crippen LogP contribution in [-0.2, 0) is 10.3 Å². The highest BCUT2D eigenvalue weighted by Crippen LogP contribution is 2.33. The van der Waals surface area contributed by atoms with Gasteiger partial charge in [-0.1, -0.05) is 63.2 Å². The van der Waals surface area contributed by atoms with Crippen LogP contribution in [0.1, 0.15) is 44.4 Å². The zero-order valence-corrected chi connectivity index (χ0v) is 13.0. The number of para-hydroxylation sites is 1. The summed E-state index contributed by atoms with van der Waals surface area (Å²) in [6, 6.07) is 19.2. The topological polar surface area (TPSA) is 12.5 Å². The molecule has 1 aliphatic rings. The van der Waals surface area contributed by atoms with Gasteiger partial charge in [-0.05, 0) is 28.7 Å². The van der Waals surface area contributed by atoms with Crippen molar-refractivity contribution < 1.29 is 4.84 Å². The molecule has 0 radical (unpaired) electrons. The predicted octanol–water partition coefficient (Wildman–Crippen LogP) is 4.87. The Balaban J connectivity index is 1.72. The average molecular weight is 281 g/mol. The molecule has 0 aromatic heterocycles. The van der Waals surface area contributed by atoms with Crippen LogP contribution in [0.25, 0.3) is 0 Å². The van der Waals surface area contributed by atoms with Gasteiger partial charge in [-0.2, -0.15) is 0 Å². The first kappa shape index (κ1) is 14.2. The van der Waals surface area contributed by atoms with Crippen molar-refractivity contribution in [2.24, 2.45) is 0 Å². The van der Waals surface area contributed by atoms with E-state index in [0.29, 0.717) is 0 Å². The number of nitrogens with zero attached hydrogens (tertiary/aromatic N) is 1. The van der Waals surface area contributed by atoms with Crippen molar-refractivity contribution >= 4 is 5.69 Å². The Morgan fingerprint density at radius 3 is 2.24 bits per heavy atom. The minimum absolute atomic E-state index is 0.166. The third kappa shape index (κ3) is 3.11. The summed E-state index contributed by atoms with van der Waals surface area (Å²) >= 11 is 0. The second-order valence-corrected chi connectivity index (χ2v) is 6.69. The van der Waals surface area contributed by atoms with Crippen molar-refractivity contribution in [3.05, 3.63) is 65.7 Å². The predicted molar refractivity (Wildman–Crippen MR) is 87.4 cm³/mol. The summed E-state index contributed by atoms with van der Waals surface area (Å²) in [6.45, 7) is 7.66. The molecule has 1 saturated heterocycles. The van der Waals surface area contributed by atoms with Gasteiger partial charge in [-0.15, -0.1) is 0 Å². The van der Waals surface area contributed by atoms with E-state index >= 15 is 0 Å². The normalized spacial score (nSPS) is 19.0. The van der Waals surface area contributed by atoms with E-state index < -0.39 is 0 Å². The van der Waals surface area contributed by atoms with E-state index in [4.69, 9.17) is 4.84 Å². The monoisotopic (exact) mass is 281 g/mol. The fraction of sp³-hybridized carbons (Fsp3) is 0.368. The van der Waals surface area contributed by atoms with Gasteiger partial charge in [0, 0.05) is 13.0 Å². The Hall–Kier alpha value is -1.80. The van der Waals surface area contributed by atoms with E-state index in [9.17, 15) is 0 Å². The number of hydrogen-bond donors (Lipinski definition) is 0. The molecule has 1 heterocycles. The molecule has 0 N–H and O–H groups in total. The van der Waals surface area contributed by atoms with Crippen LogP contribution in [0.2, 0.25) is 0 Å². The Kier molecular flexibility index (Phi) is 3.73. The lowest BCUT2D eigenvalue weighted by atomic mass is 9.86. The molecule has 0 spiro atoms. The molecule has 1 unspecified atom stereocenters. The lowest BCUT2D eigenvalue weighted by Crippen LogP contribution is -2.16. The van der Waals surface area contributed by atoms with Gasteiger partial charge in [0.1, 0.15) is 6.10 Å². The van der Waals surface area contributed by atoms with E-state index in [-0.39, 0.29) is 11.5 Å². The van der Waals surface area contributed by atoms with Crippen molar-refractivity contribution in [3.8, 4) is 0 Å². The Bertz CT molecular complexity index is 583. The quantitative estimate of drug-likeness (QED) is 0.779. The van der Waals surface area contributed by atoms with E-state index in [1.54, 1.807) is 0 Å². The molecule has 2 nitrogen and oxygen atoms in total. The summed E-state index contributed by atoms with van der Waals surface area (Å²) < 4.78 is 0. The maximum absolute atomic E-state index is 6.09. The number of anilines is 1. The standard InChI is InChI=1S/C19H23NO/c1-19(2,3)16-11-9-15(10-12-16)18-13-14-20(21-18)17-7-5-4-6-8-17/h4-12,18H,13-14H2,1-3H3. The third-order valence-corrected chi connectivity index (χ3v) is 4.04. The summed E-state index contributed by atoms with van der Waals surface area (Å²) in [5.74, 6) is 0. The molecule has 110 valence electrons. The summed E-state index contributed by atoms with van der Waals surface area (Å²) in [4.78, 5) is 6.09. The van der Waals surface area contributed by atoms with Crippen LogP contribution >= 0.6 is 0 Å². The van der Waals surface area contributed by atoms with Gasteiger partial charge in [-0.3, -0.25) is 9.90 Å². The van der Waals surface area contributed by atoms with Crippen LogP contribution in [-0.4, -0.2) is 6.54 Å². The number of rotatable bonds is 2. The zero-order valence-electron chi connectivity index (χ0n) is 13.0. The second kappa shape index (κ2) is 5.53. The van der Waals surface area contributed by atoms with Crippen LogP contribution in [0.3, 0.4) is 0 Å². The largest absolute Gasteiger partial charge is 0.265 e. The number of benzene rings is 2. The minimum Gasteiger partial charge on any atom is -0.265 e. The van der Waals surface area contributed by atoms with Crippen LogP contribution in [0.5, 0.6) is 0 Å². The highest BCUT2D eigenvalue weighted by Gasteiger charge is 2.25. The molecular weight excluding hydrogens is 258 g/mol. The molecule has 2 aromatic carbocycles. The van der Waals surface area contributed by atoms with E-state index in [0.717, 1.165) is 18.7 Å². The maximum atomic E-state index is 6.09. The van der Waals surface area contributed by atoms with Crippen molar-refractivity contribution in [2.75, 3.05) is 11.6 Å². The molecule has 0 aliphatic carbocycles. The number of hydroxylamine groups is 1. The summed E-state index contributed by atoms with van der Waals surface area (Å²) in [7, 11) is 0. The summed E-state index contributed by atoms with van der Waals surface area (Å²) in [5, 5.41) is 2.00. The van der Waals surface area contributed by atoms with E-state index in [1.165, 1.54) is 11.1 Å². The molecule has 0 amide bonds. The minimum atomic E-state index is 0.166. The molecular formula is C19H23NO. The summed E-state index contributed by atoms with van der Waals surface area (Å²) in [5.41, 5.74) is 3.96. The number of hydrogen-bond acceptors (Lipinski definition) is 2. The fourth-order valence-corrected chi connectivity index (χ4v) is 2.70. The Morgan fingerprint density at radius 2 is 1.62 bits per heavy atom. The second-order valence-electron chi connectivity index (χ2n) is 6.69. The Labute approximate surface area is 127 Å². The highest BCUT2D eigenvalue weighted by molar-refractivity contribution is 5.44. The summed E-state index contributed by atoms with van der Waals surface area (Å²) in [6.07, 6.45) is 1.20. The molecule has 2 aromatic rings. The highest BCUT2D eigenvalue weighted by atomic mass is 16.7. The first-order valence-corrected chi connectivity index (χ1v) is 7.64. The van der Waals surface area contributed by atoms with Crippen LogP contribution in [0, 0.1) is 0 Å².